The number of hydrogen-bond acceptors (Lipinski definition) is 3. The van der Waals surface area contributed by atoms with Crippen molar-refractivity contribution in [3.05, 3.63) is 46.0 Å². The summed E-state index contributed by atoms with van der Waals surface area (Å²) in [6.07, 6.45) is 2.80. The van der Waals surface area contributed by atoms with E-state index in [1.807, 2.05) is 6.20 Å². The topological polar surface area (TPSA) is 38.9 Å². The normalized spacial score (nSPS) is 10.5. The fraction of sp³-hybridized carbons (Fsp3) is 0.250. The molecule has 0 saturated carbocycles. The summed E-state index contributed by atoms with van der Waals surface area (Å²) in [4.78, 5) is 5.30. The predicted molar refractivity (Wildman–Crippen MR) is 65.2 cm³/mol. The third-order valence-electron chi connectivity index (χ3n) is 2.57. The van der Waals surface area contributed by atoms with Crippen LogP contribution in [0.4, 0.5) is 5.13 Å². The molecule has 0 fully saturated rings. The molecular weight excluding hydrogens is 204 g/mol. The molecule has 1 aromatic carbocycles. The predicted octanol–water partition coefficient (Wildman–Crippen LogP) is 2.93. The molecule has 0 spiro atoms. The van der Waals surface area contributed by atoms with Crippen molar-refractivity contribution >= 4 is 16.5 Å². The minimum atomic E-state index is 0.649. The molecule has 2 rings (SSSR count). The highest BCUT2D eigenvalue weighted by molar-refractivity contribution is 7.15. The van der Waals surface area contributed by atoms with Crippen molar-refractivity contribution in [1.82, 2.24) is 4.98 Å². The summed E-state index contributed by atoms with van der Waals surface area (Å²) in [6.45, 7) is 4.29. The van der Waals surface area contributed by atoms with Gasteiger partial charge in [-0.05, 0) is 30.5 Å². The van der Waals surface area contributed by atoms with Crippen molar-refractivity contribution in [2.45, 2.75) is 20.3 Å². The molecule has 2 aromatic rings. The standard InChI is InChI=1S/C12H14N2S/c1-8-4-3-5-9(2)11(8)6-10-7-14-12(13)15-10/h3-5,7H,6H2,1-2H3,(H2,13,14). The molecule has 1 aromatic heterocycles. The van der Waals surface area contributed by atoms with E-state index >= 15 is 0 Å². The van der Waals surface area contributed by atoms with Crippen molar-refractivity contribution in [2.75, 3.05) is 5.73 Å². The molecule has 0 aliphatic carbocycles. The van der Waals surface area contributed by atoms with Gasteiger partial charge >= 0.3 is 0 Å². The van der Waals surface area contributed by atoms with Gasteiger partial charge in [0, 0.05) is 17.5 Å². The zero-order valence-electron chi connectivity index (χ0n) is 8.95. The van der Waals surface area contributed by atoms with Crippen LogP contribution in [0.15, 0.2) is 24.4 Å². The van der Waals surface area contributed by atoms with Crippen molar-refractivity contribution < 1.29 is 0 Å². The molecule has 2 N–H and O–H groups in total. The Morgan fingerprint density at radius 3 is 2.47 bits per heavy atom. The number of aromatic nitrogens is 1. The lowest BCUT2D eigenvalue weighted by Crippen LogP contribution is -1.93. The molecule has 0 aliphatic heterocycles. The average molecular weight is 218 g/mol. The number of benzene rings is 1. The van der Waals surface area contributed by atoms with Gasteiger partial charge in [-0.15, -0.1) is 11.3 Å². The molecule has 3 heteroatoms. The third kappa shape index (κ3) is 2.18. The van der Waals surface area contributed by atoms with Crippen molar-refractivity contribution in [1.29, 1.82) is 0 Å². The Morgan fingerprint density at radius 2 is 1.93 bits per heavy atom. The molecule has 78 valence electrons. The number of rotatable bonds is 2. The molecule has 1 heterocycles. The zero-order valence-corrected chi connectivity index (χ0v) is 9.77. The second-order valence-electron chi connectivity index (χ2n) is 3.71. The van der Waals surface area contributed by atoms with E-state index in [0.29, 0.717) is 5.13 Å². The van der Waals surface area contributed by atoms with Gasteiger partial charge in [0.2, 0.25) is 0 Å². The molecule has 15 heavy (non-hydrogen) atoms. The maximum Gasteiger partial charge on any atom is 0.180 e. The summed E-state index contributed by atoms with van der Waals surface area (Å²) in [6, 6.07) is 6.38. The van der Waals surface area contributed by atoms with Gasteiger partial charge < -0.3 is 5.73 Å². The quantitative estimate of drug-likeness (QED) is 0.841. The van der Waals surface area contributed by atoms with Crippen molar-refractivity contribution in [3.63, 3.8) is 0 Å². The number of aryl methyl sites for hydroxylation is 2. The minimum Gasteiger partial charge on any atom is -0.375 e. The molecule has 0 atom stereocenters. The number of hydrogen-bond donors (Lipinski definition) is 1. The van der Waals surface area contributed by atoms with E-state index in [1.165, 1.54) is 21.6 Å². The fourth-order valence-electron chi connectivity index (χ4n) is 1.71. The van der Waals surface area contributed by atoms with Crippen molar-refractivity contribution in [3.8, 4) is 0 Å². The lowest BCUT2D eigenvalue weighted by atomic mass is 10.00. The number of nitrogen functional groups attached to an aromatic ring is 1. The van der Waals surface area contributed by atoms with Gasteiger partial charge in [-0.3, -0.25) is 0 Å². The molecular formula is C12H14N2S. The van der Waals surface area contributed by atoms with E-state index in [2.05, 4.69) is 37.0 Å². The van der Waals surface area contributed by atoms with Crippen LogP contribution in [0.1, 0.15) is 21.6 Å². The largest absolute Gasteiger partial charge is 0.375 e. The van der Waals surface area contributed by atoms with Gasteiger partial charge in [0.1, 0.15) is 0 Å². The SMILES string of the molecule is Cc1cccc(C)c1Cc1cnc(N)s1. The second-order valence-corrected chi connectivity index (χ2v) is 4.86. The van der Waals surface area contributed by atoms with Crippen LogP contribution in [0.25, 0.3) is 0 Å². The van der Waals surface area contributed by atoms with Crippen molar-refractivity contribution in [2.24, 2.45) is 0 Å². The van der Waals surface area contributed by atoms with Gasteiger partial charge in [0.05, 0.1) is 0 Å². The number of nitrogens with two attached hydrogens (primary N) is 1. The van der Waals surface area contributed by atoms with E-state index in [-0.39, 0.29) is 0 Å². The highest BCUT2D eigenvalue weighted by Crippen LogP contribution is 2.22. The maximum atomic E-state index is 5.62. The van der Waals surface area contributed by atoms with Crippen LogP contribution in [0.2, 0.25) is 0 Å². The average Bonchev–Trinajstić information content (AvgIpc) is 2.58. The van der Waals surface area contributed by atoms with E-state index in [0.717, 1.165) is 6.42 Å². The summed E-state index contributed by atoms with van der Waals surface area (Å²) in [5.74, 6) is 0. The van der Waals surface area contributed by atoms with Crippen LogP contribution >= 0.6 is 11.3 Å². The summed E-state index contributed by atoms with van der Waals surface area (Å²) in [5, 5.41) is 0.649. The van der Waals surface area contributed by atoms with Crippen LogP contribution < -0.4 is 5.73 Å². The molecule has 0 aliphatic rings. The first-order valence-electron chi connectivity index (χ1n) is 4.92. The summed E-state index contributed by atoms with van der Waals surface area (Å²) in [7, 11) is 0. The van der Waals surface area contributed by atoms with E-state index in [1.54, 1.807) is 11.3 Å². The Morgan fingerprint density at radius 1 is 1.27 bits per heavy atom. The molecule has 2 nitrogen and oxygen atoms in total. The van der Waals surface area contributed by atoms with E-state index in [9.17, 15) is 0 Å². The Kier molecular flexibility index (Phi) is 2.73. The summed E-state index contributed by atoms with van der Waals surface area (Å²) in [5.41, 5.74) is 9.68. The maximum absolute atomic E-state index is 5.62. The van der Waals surface area contributed by atoms with Gasteiger partial charge in [0.15, 0.2) is 5.13 Å². The van der Waals surface area contributed by atoms with Crippen LogP contribution in [0.3, 0.4) is 0 Å². The zero-order chi connectivity index (χ0) is 10.8. The first-order valence-corrected chi connectivity index (χ1v) is 5.74. The molecule has 0 amide bonds. The number of nitrogens with zero attached hydrogens (tertiary/aromatic N) is 1. The minimum absolute atomic E-state index is 0.649. The van der Waals surface area contributed by atoms with Gasteiger partial charge in [0.25, 0.3) is 0 Å². The number of anilines is 1. The van der Waals surface area contributed by atoms with Crippen LogP contribution in [-0.2, 0) is 6.42 Å². The van der Waals surface area contributed by atoms with Crippen LogP contribution in [0.5, 0.6) is 0 Å². The first kappa shape index (κ1) is 10.2. The Labute approximate surface area is 93.8 Å². The van der Waals surface area contributed by atoms with E-state index in [4.69, 9.17) is 5.73 Å². The first-order chi connectivity index (χ1) is 7.16. The van der Waals surface area contributed by atoms with Gasteiger partial charge in [-0.1, -0.05) is 18.2 Å². The monoisotopic (exact) mass is 218 g/mol. The van der Waals surface area contributed by atoms with Gasteiger partial charge in [-0.2, -0.15) is 0 Å². The molecule has 0 bridgehead atoms. The lowest BCUT2D eigenvalue weighted by Gasteiger charge is -2.07. The fourth-order valence-corrected chi connectivity index (χ4v) is 2.40. The molecule has 0 saturated heterocycles. The second kappa shape index (κ2) is 4.03. The Bertz CT molecular complexity index is 454. The smallest absolute Gasteiger partial charge is 0.180 e. The summed E-state index contributed by atoms with van der Waals surface area (Å²) < 4.78 is 0. The van der Waals surface area contributed by atoms with Crippen LogP contribution in [0, 0.1) is 13.8 Å². The number of thiazole rings is 1. The summed E-state index contributed by atoms with van der Waals surface area (Å²) >= 11 is 1.57. The van der Waals surface area contributed by atoms with E-state index < -0.39 is 0 Å². The molecule has 0 radical (unpaired) electrons. The Balaban J connectivity index is 2.31. The highest BCUT2D eigenvalue weighted by Gasteiger charge is 2.05. The third-order valence-corrected chi connectivity index (χ3v) is 3.39. The Hall–Kier alpha value is -1.35. The molecule has 0 unspecified atom stereocenters. The van der Waals surface area contributed by atoms with Crippen LogP contribution in [-0.4, -0.2) is 4.98 Å². The highest BCUT2D eigenvalue weighted by atomic mass is 32.1. The van der Waals surface area contributed by atoms with Gasteiger partial charge in [-0.25, -0.2) is 4.98 Å². The lowest BCUT2D eigenvalue weighted by molar-refractivity contribution is 1.14.